The average molecular weight is 262 g/mol. The van der Waals surface area contributed by atoms with Gasteiger partial charge < -0.3 is 15.7 Å². The topological polar surface area (TPSA) is 78.4 Å². The van der Waals surface area contributed by atoms with E-state index >= 15 is 0 Å². The Bertz CT molecular complexity index is 466. The van der Waals surface area contributed by atoms with Gasteiger partial charge in [0.1, 0.15) is 0 Å². The van der Waals surface area contributed by atoms with Crippen molar-refractivity contribution in [3.63, 3.8) is 0 Å². The molecule has 1 aliphatic carbocycles. The van der Waals surface area contributed by atoms with Gasteiger partial charge >= 0.3 is 12.0 Å². The number of carbonyl (C=O) groups is 2. The number of aryl methyl sites for hydroxylation is 1. The molecule has 102 valence electrons. The Kier molecular flexibility index (Phi) is 4.04. The number of urea groups is 1. The van der Waals surface area contributed by atoms with Gasteiger partial charge in [-0.25, -0.2) is 4.79 Å². The molecule has 0 radical (unpaired) electrons. The normalized spacial score (nSPS) is 15.6. The van der Waals surface area contributed by atoms with E-state index in [1.165, 1.54) is 0 Å². The van der Waals surface area contributed by atoms with Gasteiger partial charge in [0.15, 0.2) is 0 Å². The SMILES string of the molecule is Cc1ccc(NC(=O)NC(CC(=O)O)C2CC2)cc1. The summed E-state index contributed by atoms with van der Waals surface area (Å²) in [5, 5.41) is 14.3. The van der Waals surface area contributed by atoms with E-state index in [1.54, 1.807) is 0 Å². The molecule has 0 heterocycles. The molecule has 0 saturated heterocycles. The fourth-order valence-corrected chi connectivity index (χ4v) is 1.99. The number of nitrogens with one attached hydrogen (secondary N) is 2. The van der Waals surface area contributed by atoms with Crippen molar-refractivity contribution in [2.24, 2.45) is 5.92 Å². The predicted octanol–water partition coefficient (Wildman–Crippen LogP) is 2.37. The highest BCUT2D eigenvalue weighted by atomic mass is 16.4. The summed E-state index contributed by atoms with van der Waals surface area (Å²) in [5.41, 5.74) is 1.82. The van der Waals surface area contributed by atoms with E-state index in [2.05, 4.69) is 10.6 Å². The Morgan fingerprint density at radius 2 is 1.95 bits per heavy atom. The van der Waals surface area contributed by atoms with Crippen LogP contribution >= 0.6 is 0 Å². The zero-order valence-corrected chi connectivity index (χ0v) is 10.8. The third-order valence-corrected chi connectivity index (χ3v) is 3.21. The minimum Gasteiger partial charge on any atom is -0.481 e. The van der Waals surface area contributed by atoms with Gasteiger partial charge in [0, 0.05) is 11.7 Å². The molecule has 1 aliphatic rings. The molecule has 5 heteroatoms. The highest BCUT2D eigenvalue weighted by molar-refractivity contribution is 5.89. The molecule has 19 heavy (non-hydrogen) atoms. The molecule has 1 saturated carbocycles. The molecule has 1 aromatic rings. The second kappa shape index (κ2) is 5.73. The summed E-state index contributed by atoms with van der Waals surface area (Å²) in [7, 11) is 0. The van der Waals surface area contributed by atoms with E-state index in [9.17, 15) is 9.59 Å². The Morgan fingerprint density at radius 3 is 2.47 bits per heavy atom. The molecule has 0 bridgehead atoms. The van der Waals surface area contributed by atoms with Crippen LogP contribution in [0, 0.1) is 12.8 Å². The number of hydrogen-bond donors (Lipinski definition) is 3. The number of carbonyl (C=O) groups excluding carboxylic acids is 1. The summed E-state index contributed by atoms with van der Waals surface area (Å²) in [6.45, 7) is 1.97. The summed E-state index contributed by atoms with van der Waals surface area (Å²) < 4.78 is 0. The van der Waals surface area contributed by atoms with E-state index in [4.69, 9.17) is 5.11 Å². The van der Waals surface area contributed by atoms with Crippen LogP contribution in [0.25, 0.3) is 0 Å². The van der Waals surface area contributed by atoms with E-state index in [-0.39, 0.29) is 18.5 Å². The maximum atomic E-state index is 11.8. The predicted molar refractivity (Wildman–Crippen MR) is 72.1 cm³/mol. The van der Waals surface area contributed by atoms with Gasteiger partial charge in [-0.3, -0.25) is 4.79 Å². The number of carboxylic acid groups (broad SMARTS) is 1. The summed E-state index contributed by atoms with van der Waals surface area (Å²) in [5.74, 6) is -0.576. The number of benzene rings is 1. The lowest BCUT2D eigenvalue weighted by Gasteiger charge is -2.16. The minimum absolute atomic E-state index is 0.0218. The summed E-state index contributed by atoms with van der Waals surface area (Å²) >= 11 is 0. The molecule has 0 aliphatic heterocycles. The average Bonchev–Trinajstić information content (AvgIpc) is 3.14. The molecule has 1 atom stereocenters. The van der Waals surface area contributed by atoms with E-state index in [0.29, 0.717) is 11.6 Å². The fraction of sp³-hybridized carbons (Fsp3) is 0.429. The Hall–Kier alpha value is -2.04. The van der Waals surface area contributed by atoms with Crippen LogP contribution in [0.4, 0.5) is 10.5 Å². The molecule has 1 fully saturated rings. The number of amides is 2. The van der Waals surface area contributed by atoms with Gasteiger partial charge in [-0.1, -0.05) is 17.7 Å². The van der Waals surface area contributed by atoms with Gasteiger partial charge in [-0.05, 0) is 37.8 Å². The third kappa shape index (κ3) is 4.28. The minimum atomic E-state index is -0.882. The molecule has 1 aromatic carbocycles. The first-order chi connectivity index (χ1) is 9.04. The maximum Gasteiger partial charge on any atom is 0.319 e. The zero-order chi connectivity index (χ0) is 13.8. The van der Waals surface area contributed by atoms with E-state index in [1.807, 2.05) is 31.2 Å². The number of aliphatic carboxylic acids is 1. The van der Waals surface area contributed by atoms with Crippen molar-refractivity contribution in [1.82, 2.24) is 5.32 Å². The number of anilines is 1. The van der Waals surface area contributed by atoms with Crippen LogP contribution in [-0.4, -0.2) is 23.1 Å². The summed E-state index contributed by atoms with van der Waals surface area (Å²) in [6, 6.07) is 6.83. The van der Waals surface area contributed by atoms with Gasteiger partial charge in [0.25, 0.3) is 0 Å². The standard InChI is InChI=1S/C14H18N2O3/c1-9-2-6-11(7-3-9)15-14(19)16-12(8-13(17)18)10-4-5-10/h2-3,6-7,10,12H,4-5,8H2,1H3,(H,17,18)(H2,15,16,19). The van der Waals surface area contributed by atoms with Crippen molar-refractivity contribution in [2.75, 3.05) is 5.32 Å². The summed E-state index contributed by atoms with van der Waals surface area (Å²) in [6.07, 6.45) is 1.96. The van der Waals surface area contributed by atoms with Gasteiger partial charge in [-0.2, -0.15) is 0 Å². The monoisotopic (exact) mass is 262 g/mol. The summed E-state index contributed by atoms with van der Waals surface area (Å²) in [4.78, 5) is 22.6. The van der Waals surface area contributed by atoms with Crippen LogP contribution < -0.4 is 10.6 Å². The smallest absolute Gasteiger partial charge is 0.319 e. The van der Waals surface area contributed by atoms with Crippen LogP contribution in [0.3, 0.4) is 0 Å². The van der Waals surface area contributed by atoms with Crippen molar-refractivity contribution < 1.29 is 14.7 Å². The van der Waals surface area contributed by atoms with Crippen molar-refractivity contribution in [2.45, 2.75) is 32.2 Å². The highest BCUT2D eigenvalue weighted by Gasteiger charge is 2.33. The van der Waals surface area contributed by atoms with Gasteiger partial charge in [-0.15, -0.1) is 0 Å². The molecule has 5 nitrogen and oxygen atoms in total. The van der Waals surface area contributed by atoms with E-state index < -0.39 is 5.97 Å². The zero-order valence-electron chi connectivity index (χ0n) is 10.8. The fourth-order valence-electron chi connectivity index (χ4n) is 1.99. The first kappa shape index (κ1) is 13.4. The Balaban J connectivity index is 1.88. The molecule has 2 rings (SSSR count). The lowest BCUT2D eigenvalue weighted by atomic mass is 10.1. The second-order valence-electron chi connectivity index (χ2n) is 5.01. The van der Waals surface area contributed by atoms with Crippen LogP contribution in [-0.2, 0) is 4.79 Å². The number of hydrogen-bond acceptors (Lipinski definition) is 2. The van der Waals surface area contributed by atoms with E-state index in [0.717, 1.165) is 18.4 Å². The van der Waals surface area contributed by atoms with Crippen molar-refractivity contribution >= 4 is 17.7 Å². The first-order valence-corrected chi connectivity index (χ1v) is 6.40. The third-order valence-electron chi connectivity index (χ3n) is 3.21. The molecule has 0 aromatic heterocycles. The Labute approximate surface area is 112 Å². The van der Waals surface area contributed by atoms with Crippen LogP contribution in [0.5, 0.6) is 0 Å². The largest absolute Gasteiger partial charge is 0.481 e. The molecular formula is C14H18N2O3. The lowest BCUT2D eigenvalue weighted by Crippen LogP contribution is -2.40. The van der Waals surface area contributed by atoms with Crippen LogP contribution in [0.2, 0.25) is 0 Å². The Morgan fingerprint density at radius 1 is 1.32 bits per heavy atom. The first-order valence-electron chi connectivity index (χ1n) is 6.40. The number of rotatable bonds is 5. The van der Waals surface area contributed by atoms with Crippen LogP contribution in [0.1, 0.15) is 24.8 Å². The number of carboxylic acids is 1. The maximum absolute atomic E-state index is 11.8. The van der Waals surface area contributed by atoms with Crippen molar-refractivity contribution in [1.29, 1.82) is 0 Å². The second-order valence-corrected chi connectivity index (χ2v) is 5.01. The molecule has 1 unspecified atom stereocenters. The quantitative estimate of drug-likeness (QED) is 0.762. The van der Waals surface area contributed by atoms with Crippen molar-refractivity contribution in [3.05, 3.63) is 29.8 Å². The molecule has 0 spiro atoms. The molecular weight excluding hydrogens is 244 g/mol. The lowest BCUT2D eigenvalue weighted by molar-refractivity contribution is -0.137. The molecule has 2 amide bonds. The van der Waals surface area contributed by atoms with Crippen molar-refractivity contribution in [3.8, 4) is 0 Å². The van der Waals surface area contributed by atoms with Gasteiger partial charge in [0.2, 0.25) is 0 Å². The highest BCUT2D eigenvalue weighted by Crippen LogP contribution is 2.34. The van der Waals surface area contributed by atoms with Crippen LogP contribution in [0.15, 0.2) is 24.3 Å². The van der Waals surface area contributed by atoms with Gasteiger partial charge in [0.05, 0.1) is 6.42 Å². The molecule has 3 N–H and O–H groups in total.